The highest BCUT2D eigenvalue weighted by atomic mass is 16.4. The topological polar surface area (TPSA) is 52.6 Å². The number of likely N-dealkylation sites (N-methyl/N-ethyl adjacent to an activating group) is 1. The summed E-state index contributed by atoms with van der Waals surface area (Å²) in [7, 11) is 1.86. The zero-order chi connectivity index (χ0) is 13.8. The molecule has 1 aliphatic heterocycles. The van der Waals surface area contributed by atoms with Gasteiger partial charge in [-0.25, -0.2) is 0 Å². The fourth-order valence-corrected chi connectivity index (χ4v) is 2.52. The van der Waals surface area contributed by atoms with E-state index in [-0.39, 0.29) is 12.6 Å². The summed E-state index contributed by atoms with van der Waals surface area (Å²) in [5, 5.41) is 12.2. The number of fused-ring (bicyclic) bond motifs is 1. The number of benzene rings is 1. The van der Waals surface area contributed by atoms with Crippen LogP contribution in [-0.4, -0.2) is 42.2 Å². The first kappa shape index (κ1) is 13.9. The molecule has 2 N–H and O–H groups in total. The van der Waals surface area contributed by atoms with Crippen molar-refractivity contribution in [3.05, 3.63) is 29.3 Å². The molecule has 1 atom stereocenters. The molecule has 1 aliphatic rings. The van der Waals surface area contributed by atoms with Crippen LogP contribution in [0.2, 0.25) is 0 Å². The van der Waals surface area contributed by atoms with Crippen molar-refractivity contribution in [1.82, 2.24) is 4.90 Å². The number of hydrogen-bond donors (Lipinski definition) is 2. The van der Waals surface area contributed by atoms with Gasteiger partial charge in [0, 0.05) is 18.3 Å². The lowest BCUT2D eigenvalue weighted by Crippen LogP contribution is -2.35. The standard InChI is InChI=1S/C15H22N2O2/c1-11(17(2)10-15(18)19)8-12-5-6-14-13(9-12)4-3-7-16-14/h5-6,9,11,16H,3-4,7-8,10H2,1-2H3,(H,18,19). The van der Waals surface area contributed by atoms with E-state index >= 15 is 0 Å². The quantitative estimate of drug-likeness (QED) is 0.852. The average Bonchev–Trinajstić information content (AvgIpc) is 2.37. The Morgan fingerprint density at radius 3 is 3.05 bits per heavy atom. The van der Waals surface area contributed by atoms with Gasteiger partial charge < -0.3 is 10.4 Å². The van der Waals surface area contributed by atoms with Gasteiger partial charge in [0.1, 0.15) is 0 Å². The number of nitrogens with one attached hydrogen (secondary N) is 1. The Kier molecular flexibility index (Phi) is 4.43. The second-order valence-corrected chi connectivity index (χ2v) is 5.38. The zero-order valence-corrected chi connectivity index (χ0v) is 11.6. The first-order chi connectivity index (χ1) is 9.06. The SMILES string of the molecule is CC(Cc1ccc2c(c1)CCCN2)N(C)CC(=O)O. The van der Waals surface area contributed by atoms with Gasteiger partial charge in [-0.3, -0.25) is 9.69 Å². The predicted octanol–water partition coefficient (Wildman–Crippen LogP) is 1.99. The third-order valence-corrected chi connectivity index (χ3v) is 3.78. The van der Waals surface area contributed by atoms with Gasteiger partial charge in [-0.15, -0.1) is 0 Å². The van der Waals surface area contributed by atoms with E-state index in [1.807, 2.05) is 11.9 Å². The molecule has 1 aromatic carbocycles. The summed E-state index contributed by atoms with van der Waals surface area (Å²) in [6.07, 6.45) is 3.21. The first-order valence-corrected chi connectivity index (χ1v) is 6.84. The van der Waals surface area contributed by atoms with Crippen molar-refractivity contribution in [2.75, 3.05) is 25.5 Å². The fraction of sp³-hybridized carbons (Fsp3) is 0.533. The van der Waals surface area contributed by atoms with E-state index in [9.17, 15) is 4.79 Å². The maximum absolute atomic E-state index is 10.7. The molecule has 1 aromatic rings. The van der Waals surface area contributed by atoms with Crippen molar-refractivity contribution in [2.45, 2.75) is 32.2 Å². The van der Waals surface area contributed by atoms with Gasteiger partial charge in [-0.2, -0.15) is 0 Å². The van der Waals surface area contributed by atoms with E-state index in [0.717, 1.165) is 19.4 Å². The van der Waals surface area contributed by atoms with E-state index in [0.29, 0.717) is 0 Å². The van der Waals surface area contributed by atoms with Crippen molar-refractivity contribution in [3.8, 4) is 0 Å². The molecule has 0 saturated carbocycles. The lowest BCUT2D eigenvalue weighted by molar-refractivity contribution is -0.138. The summed E-state index contributed by atoms with van der Waals surface area (Å²) >= 11 is 0. The Balaban J connectivity index is 2.00. The number of nitrogens with zero attached hydrogens (tertiary/aromatic N) is 1. The number of aryl methyl sites for hydroxylation is 1. The van der Waals surface area contributed by atoms with Crippen molar-refractivity contribution < 1.29 is 9.90 Å². The molecule has 104 valence electrons. The molecule has 0 aliphatic carbocycles. The predicted molar refractivity (Wildman–Crippen MR) is 76.7 cm³/mol. The van der Waals surface area contributed by atoms with Crippen LogP contribution in [0.1, 0.15) is 24.5 Å². The molecule has 0 fully saturated rings. The number of hydrogen-bond acceptors (Lipinski definition) is 3. The van der Waals surface area contributed by atoms with Crippen LogP contribution in [0, 0.1) is 0 Å². The highest BCUT2D eigenvalue weighted by Gasteiger charge is 2.14. The summed E-state index contributed by atoms with van der Waals surface area (Å²) in [5.74, 6) is -0.774. The smallest absolute Gasteiger partial charge is 0.317 e. The number of carboxylic acid groups (broad SMARTS) is 1. The van der Waals surface area contributed by atoms with Crippen molar-refractivity contribution in [1.29, 1.82) is 0 Å². The van der Waals surface area contributed by atoms with Crippen LogP contribution in [0.15, 0.2) is 18.2 Å². The molecule has 1 unspecified atom stereocenters. The molecular weight excluding hydrogens is 240 g/mol. The van der Waals surface area contributed by atoms with Gasteiger partial charge in [0.25, 0.3) is 0 Å². The minimum Gasteiger partial charge on any atom is -0.480 e. The molecule has 1 heterocycles. The molecule has 0 spiro atoms. The minimum atomic E-state index is -0.774. The Morgan fingerprint density at radius 1 is 1.53 bits per heavy atom. The summed E-state index contributed by atoms with van der Waals surface area (Å²) in [4.78, 5) is 12.6. The zero-order valence-electron chi connectivity index (χ0n) is 11.6. The van der Waals surface area contributed by atoms with Gasteiger partial charge in [0.2, 0.25) is 0 Å². The first-order valence-electron chi connectivity index (χ1n) is 6.84. The van der Waals surface area contributed by atoms with Crippen LogP contribution in [0.5, 0.6) is 0 Å². The Hall–Kier alpha value is -1.55. The third-order valence-electron chi connectivity index (χ3n) is 3.78. The van der Waals surface area contributed by atoms with Crippen molar-refractivity contribution >= 4 is 11.7 Å². The van der Waals surface area contributed by atoms with Gasteiger partial charge in [0.15, 0.2) is 0 Å². The van der Waals surface area contributed by atoms with Gasteiger partial charge >= 0.3 is 5.97 Å². The number of rotatable bonds is 5. The molecule has 2 rings (SSSR count). The number of carbonyl (C=O) groups is 1. The molecule has 0 bridgehead atoms. The Morgan fingerprint density at radius 2 is 2.32 bits per heavy atom. The monoisotopic (exact) mass is 262 g/mol. The number of anilines is 1. The average molecular weight is 262 g/mol. The number of aliphatic carboxylic acids is 1. The summed E-state index contributed by atoms with van der Waals surface area (Å²) in [5.41, 5.74) is 3.92. The minimum absolute atomic E-state index is 0.0909. The lowest BCUT2D eigenvalue weighted by atomic mass is 9.97. The van der Waals surface area contributed by atoms with E-state index in [1.54, 1.807) is 0 Å². The van der Waals surface area contributed by atoms with E-state index < -0.39 is 5.97 Å². The summed E-state index contributed by atoms with van der Waals surface area (Å²) in [6.45, 7) is 3.22. The van der Waals surface area contributed by atoms with Gasteiger partial charge in [-0.05, 0) is 50.4 Å². The van der Waals surface area contributed by atoms with Crippen LogP contribution in [0.3, 0.4) is 0 Å². The third kappa shape index (κ3) is 3.70. The summed E-state index contributed by atoms with van der Waals surface area (Å²) in [6, 6.07) is 6.77. The molecule has 19 heavy (non-hydrogen) atoms. The van der Waals surface area contributed by atoms with E-state index in [4.69, 9.17) is 5.11 Å². The number of carboxylic acids is 1. The maximum Gasteiger partial charge on any atom is 0.317 e. The largest absolute Gasteiger partial charge is 0.480 e. The molecule has 4 heteroatoms. The Bertz CT molecular complexity index is 459. The van der Waals surface area contributed by atoms with Crippen LogP contribution in [0.4, 0.5) is 5.69 Å². The van der Waals surface area contributed by atoms with Crippen LogP contribution in [0.25, 0.3) is 0 Å². The molecule has 0 saturated heterocycles. The fourth-order valence-electron chi connectivity index (χ4n) is 2.52. The molecule has 0 radical (unpaired) electrons. The van der Waals surface area contributed by atoms with E-state index in [1.165, 1.54) is 23.2 Å². The summed E-state index contributed by atoms with van der Waals surface area (Å²) < 4.78 is 0. The normalized spacial score (nSPS) is 15.7. The maximum atomic E-state index is 10.7. The second kappa shape index (κ2) is 6.06. The van der Waals surface area contributed by atoms with Crippen molar-refractivity contribution in [2.24, 2.45) is 0 Å². The molecular formula is C15H22N2O2. The lowest BCUT2D eigenvalue weighted by Gasteiger charge is -2.24. The molecule has 4 nitrogen and oxygen atoms in total. The molecule has 0 aromatic heterocycles. The second-order valence-electron chi connectivity index (χ2n) is 5.38. The highest BCUT2D eigenvalue weighted by Crippen LogP contribution is 2.23. The molecule has 0 amide bonds. The van der Waals surface area contributed by atoms with Gasteiger partial charge in [0.05, 0.1) is 6.54 Å². The van der Waals surface area contributed by atoms with Crippen molar-refractivity contribution in [3.63, 3.8) is 0 Å². The van der Waals surface area contributed by atoms with Gasteiger partial charge in [-0.1, -0.05) is 12.1 Å². The van der Waals surface area contributed by atoms with Crippen LogP contribution in [-0.2, 0) is 17.6 Å². The highest BCUT2D eigenvalue weighted by molar-refractivity contribution is 5.69. The Labute approximate surface area is 114 Å². The van der Waals surface area contributed by atoms with Crippen LogP contribution >= 0.6 is 0 Å². The van der Waals surface area contributed by atoms with E-state index in [2.05, 4.69) is 30.4 Å². The van der Waals surface area contributed by atoms with Crippen LogP contribution < -0.4 is 5.32 Å².